The number of hydrogen-bond acceptors (Lipinski definition) is 5. The third-order valence-corrected chi connectivity index (χ3v) is 5.53. The average Bonchev–Trinajstić information content (AvgIpc) is 2.63. The number of esters is 1. The van der Waals surface area contributed by atoms with Crippen LogP contribution in [0.3, 0.4) is 0 Å². The molecule has 8 heteroatoms. The smallest absolute Gasteiger partial charge is 0.320 e. The number of carbonyl (C=O) groups is 3. The molecule has 0 aromatic heterocycles. The number of nitrogens with zero attached hydrogens (tertiary/aromatic N) is 1. The molecule has 3 rings (SSSR count). The van der Waals surface area contributed by atoms with E-state index >= 15 is 0 Å². The lowest BCUT2D eigenvalue weighted by molar-refractivity contribution is -0.156. The van der Waals surface area contributed by atoms with E-state index in [1.807, 2.05) is 25.7 Å². The Labute approximate surface area is 174 Å². The quantitative estimate of drug-likeness (QED) is 0.596. The summed E-state index contributed by atoms with van der Waals surface area (Å²) in [6, 6.07) is 2.28. The first kappa shape index (κ1) is 22.3. The summed E-state index contributed by atoms with van der Waals surface area (Å²) in [6.07, 6.45) is 1.46. The molecule has 2 aliphatic heterocycles. The molecule has 0 saturated carbocycles. The molecule has 2 saturated heterocycles. The van der Waals surface area contributed by atoms with Crippen LogP contribution in [0, 0.1) is 11.6 Å². The van der Waals surface area contributed by atoms with Crippen molar-refractivity contribution in [1.29, 1.82) is 0 Å². The van der Waals surface area contributed by atoms with Crippen molar-refractivity contribution in [2.24, 2.45) is 0 Å². The summed E-state index contributed by atoms with van der Waals surface area (Å²) in [5.41, 5.74) is -0.260. The Morgan fingerprint density at radius 3 is 2.30 bits per heavy atom. The maximum atomic E-state index is 14.8. The van der Waals surface area contributed by atoms with Crippen molar-refractivity contribution >= 4 is 17.8 Å². The standard InChI is InChI=1S/C22H28F2N2O4/c1-22(2,3)30-20(28)12-26-8-6-13(7-9-26)15-10-18(24)16(11-17(15)23)14-4-5-19(27)25-21(14)29/h10-11,13-14H,4-9,12H2,1-3H3,(H,25,27,29). The number of benzene rings is 1. The SMILES string of the molecule is CC(C)(C)OC(=O)CN1CCC(c2cc(F)c(C3CCC(=O)NC3=O)cc2F)CC1. The summed E-state index contributed by atoms with van der Waals surface area (Å²) in [5.74, 6) is -3.47. The summed E-state index contributed by atoms with van der Waals surface area (Å²) in [5, 5.41) is 2.18. The zero-order valence-electron chi connectivity index (χ0n) is 17.6. The highest BCUT2D eigenvalue weighted by Gasteiger charge is 2.32. The second-order valence-electron chi connectivity index (χ2n) is 9.04. The summed E-state index contributed by atoms with van der Waals surface area (Å²) >= 11 is 0. The van der Waals surface area contributed by atoms with E-state index < -0.39 is 35.0 Å². The van der Waals surface area contributed by atoms with Gasteiger partial charge in [-0.25, -0.2) is 8.78 Å². The van der Waals surface area contributed by atoms with Crippen molar-refractivity contribution in [1.82, 2.24) is 10.2 Å². The maximum Gasteiger partial charge on any atom is 0.320 e. The minimum absolute atomic E-state index is 0.0105. The van der Waals surface area contributed by atoms with Gasteiger partial charge in [0.15, 0.2) is 0 Å². The van der Waals surface area contributed by atoms with E-state index in [1.54, 1.807) is 0 Å². The lowest BCUT2D eigenvalue weighted by Crippen LogP contribution is -2.40. The predicted octanol–water partition coefficient (Wildman–Crippen LogP) is 3.01. The van der Waals surface area contributed by atoms with Gasteiger partial charge in [0.05, 0.1) is 12.5 Å². The van der Waals surface area contributed by atoms with Crippen molar-refractivity contribution in [3.05, 3.63) is 34.9 Å². The van der Waals surface area contributed by atoms with Crippen LogP contribution in [0.1, 0.15) is 69.4 Å². The molecular formula is C22H28F2N2O4. The van der Waals surface area contributed by atoms with Crippen LogP contribution in [0.4, 0.5) is 8.78 Å². The van der Waals surface area contributed by atoms with Gasteiger partial charge in [-0.3, -0.25) is 24.6 Å². The highest BCUT2D eigenvalue weighted by Crippen LogP contribution is 2.34. The minimum atomic E-state index is -0.859. The number of likely N-dealkylation sites (tertiary alicyclic amines) is 1. The van der Waals surface area contributed by atoms with Gasteiger partial charge in [0.25, 0.3) is 0 Å². The molecule has 30 heavy (non-hydrogen) atoms. The molecule has 6 nitrogen and oxygen atoms in total. The fourth-order valence-electron chi connectivity index (χ4n) is 4.11. The lowest BCUT2D eigenvalue weighted by atomic mass is 9.85. The molecule has 2 heterocycles. The Kier molecular flexibility index (Phi) is 6.55. The van der Waals surface area contributed by atoms with Crippen molar-refractivity contribution in [3.8, 4) is 0 Å². The highest BCUT2D eigenvalue weighted by atomic mass is 19.1. The van der Waals surface area contributed by atoms with Crippen LogP contribution in [0.15, 0.2) is 12.1 Å². The molecule has 2 aliphatic rings. The van der Waals surface area contributed by atoms with E-state index in [2.05, 4.69) is 5.32 Å². The first-order chi connectivity index (χ1) is 14.0. The Balaban J connectivity index is 1.64. The monoisotopic (exact) mass is 422 g/mol. The van der Waals surface area contributed by atoms with Crippen LogP contribution in [0.25, 0.3) is 0 Å². The fraction of sp³-hybridized carbons (Fsp3) is 0.591. The zero-order valence-corrected chi connectivity index (χ0v) is 17.6. The number of imide groups is 1. The largest absolute Gasteiger partial charge is 0.459 e. The minimum Gasteiger partial charge on any atom is -0.459 e. The van der Waals surface area contributed by atoms with Gasteiger partial charge in [0.1, 0.15) is 17.2 Å². The van der Waals surface area contributed by atoms with Gasteiger partial charge in [-0.05, 0) is 76.7 Å². The van der Waals surface area contributed by atoms with Crippen molar-refractivity contribution < 1.29 is 27.9 Å². The molecule has 2 amide bonds. The van der Waals surface area contributed by atoms with Crippen LogP contribution in [-0.4, -0.2) is 47.9 Å². The molecule has 1 aromatic rings. The summed E-state index contributed by atoms with van der Waals surface area (Å²) < 4.78 is 34.9. The second-order valence-corrected chi connectivity index (χ2v) is 9.04. The number of nitrogens with one attached hydrogen (secondary N) is 1. The Morgan fingerprint density at radius 1 is 1.10 bits per heavy atom. The van der Waals surface area contributed by atoms with Crippen molar-refractivity contribution in [3.63, 3.8) is 0 Å². The number of piperidine rings is 2. The van der Waals surface area contributed by atoms with Crippen LogP contribution >= 0.6 is 0 Å². The normalized spacial score (nSPS) is 21.4. The highest BCUT2D eigenvalue weighted by molar-refractivity contribution is 6.00. The van der Waals surface area contributed by atoms with Crippen molar-refractivity contribution in [2.45, 2.75) is 63.9 Å². The van der Waals surface area contributed by atoms with Crippen molar-refractivity contribution in [2.75, 3.05) is 19.6 Å². The lowest BCUT2D eigenvalue weighted by Gasteiger charge is -2.32. The number of hydrogen-bond donors (Lipinski definition) is 1. The third-order valence-electron chi connectivity index (χ3n) is 5.53. The number of rotatable bonds is 4. The number of halogens is 2. The van der Waals surface area contributed by atoms with Gasteiger partial charge in [0.2, 0.25) is 11.8 Å². The first-order valence-electron chi connectivity index (χ1n) is 10.3. The van der Waals surface area contributed by atoms with Crippen LogP contribution in [0.5, 0.6) is 0 Å². The maximum absolute atomic E-state index is 14.8. The molecule has 1 atom stereocenters. The van der Waals surface area contributed by atoms with Gasteiger partial charge < -0.3 is 4.74 Å². The van der Waals surface area contributed by atoms with Crippen LogP contribution in [-0.2, 0) is 19.1 Å². The number of carbonyl (C=O) groups excluding carboxylic acids is 3. The molecule has 1 N–H and O–H groups in total. The van der Waals surface area contributed by atoms with E-state index in [4.69, 9.17) is 4.74 Å². The summed E-state index contributed by atoms with van der Waals surface area (Å²) in [7, 11) is 0. The molecule has 1 unspecified atom stereocenters. The molecule has 164 valence electrons. The molecule has 0 radical (unpaired) electrons. The third kappa shape index (κ3) is 5.41. The van der Waals surface area contributed by atoms with Gasteiger partial charge in [-0.1, -0.05) is 0 Å². The Bertz CT molecular complexity index is 842. The van der Waals surface area contributed by atoms with Crippen LogP contribution < -0.4 is 5.32 Å². The van der Waals surface area contributed by atoms with Gasteiger partial charge in [-0.15, -0.1) is 0 Å². The van der Waals surface area contributed by atoms with E-state index in [-0.39, 0.29) is 36.8 Å². The summed E-state index contributed by atoms with van der Waals surface area (Å²) in [4.78, 5) is 37.2. The van der Waals surface area contributed by atoms with E-state index in [0.29, 0.717) is 31.5 Å². The molecular weight excluding hydrogens is 394 g/mol. The van der Waals surface area contributed by atoms with Crippen LogP contribution in [0.2, 0.25) is 0 Å². The molecule has 1 aromatic carbocycles. The number of ether oxygens (including phenoxy) is 1. The molecule has 0 spiro atoms. The number of amides is 2. The second kappa shape index (κ2) is 8.79. The first-order valence-corrected chi connectivity index (χ1v) is 10.3. The molecule has 0 bridgehead atoms. The van der Waals surface area contributed by atoms with Gasteiger partial charge in [0, 0.05) is 12.0 Å². The zero-order chi connectivity index (χ0) is 22.1. The van der Waals surface area contributed by atoms with Gasteiger partial charge in [-0.2, -0.15) is 0 Å². The van der Waals surface area contributed by atoms with E-state index in [0.717, 1.165) is 6.07 Å². The predicted molar refractivity (Wildman–Crippen MR) is 106 cm³/mol. The van der Waals surface area contributed by atoms with E-state index in [9.17, 15) is 23.2 Å². The molecule has 0 aliphatic carbocycles. The Morgan fingerprint density at radius 2 is 1.70 bits per heavy atom. The average molecular weight is 422 g/mol. The fourth-order valence-corrected chi connectivity index (χ4v) is 4.11. The van der Waals surface area contributed by atoms with Gasteiger partial charge >= 0.3 is 5.97 Å². The molecule has 2 fully saturated rings. The Hall–Kier alpha value is -2.35. The topological polar surface area (TPSA) is 75.7 Å². The van der Waals surface area contributed by atoms with E-state index in [1.165, 1.54) is 6.07 Å². The summed E-state index contributed by atoms with van der Waals surface area (Å²) in [6.45, 7) is 6.78.